The predicted molar refractivity (Wildman–Crippen MR) is 68.7 cm³/mol. The number of carbonyl (C=O) groups excluding carboxylic acids is 1. The summed E-state index contributed by atoms with van der Waals surface area (Å²) in [7, 11) is -1.94. The predicted octanol–water partition coefficient (Wildman–Crippen LogP) is 3.06. The Labute approximate surface area is 100.0 Å². The number of ether oxygens (including phenoxy) is 1. The zero-order valence-electron chi connectivity index (χ0n) is 10.9. The van der Waals surface area contributed by atoms with Gasteiger partial charge in [-0.2, -0.15) is 0 Å². The van der Waals surface area contributed by atoms with Crippen molar-refractivity contribution in [2.75, 3.05) is 6.61 Å². The van der Waals surface area contributed by atoms with Crippen molar-refractivity contribution in [1.82, 2.24) is 0 Å². The largest absolute Gasteiger partial charge is 0.460 e. The summed E-state index contributed by atoms with van der Waals surface area (Å²) in [5.74, 6) is -0.346. The molecule has 3 nitrogen and oxygen atoms in total. The van der Waals surface area contributed by atoms with E-state index < -0.39 is 8.32 Å². The molecule has 1 unspecified atom stereocenters. The van der Waals surface area contributed by atoms with Gasteiger partial charge in [0.25, 0.3) is 0 Å². The first kappa shape index (κ1) is 15.4. The molecular weight excluding hydrogens is 220 g/mol. The molecule has 0 spiro atoms. The molecule has 0 saturated heterocycles. The molecule has 0 saturated carbocycles. The minimum absolute atomic E-state index is 0.0714. The molecule has 0 aromatic carbocycles. The van der Waals surface area contributed by atoms with Crippen LogP contribution in [0.25, 0.3) is 0 Å². The molecule has 0 amide bonds. The van der Waals surface area contributed by atoms with Crippen LogP contribution in [0.2, 0.25) is 13.1 Å². The van der Waals surface area contributed by atoms with Crippen LogP contribution in [0, 0.1) is 0 Å². The van der Waals surface area contributed by atoms with Gasteiger partial charge in [-0.25, -0.2) is 4.79 Å². The van der Waals surface area contributed by atoms with Gasteiger partial charge in [0.15, 0.2) is 0 Å². The highest BCUT2D eigenvalue weighted by molar-refractivity contribution is 6.72. The Morgan fingerprint density at radius 3 is 2.50 bits per heavy atom. The van der Waals surface area contributed by atoms with Crippen LogP contribution in [0.4, 0.5) is 0 Å². The van der Waals surface area contributed by atoms with Crippen molar-refractivity contribution in [3.05, 3.63) is 12.7 Å². The molecule has 16 heavy (non-hydrogen) atoms. The Morgan fingerprint density at radius 1 is 1.44 bits per heavy atom. The van der Waals surface area contributed by atoms with Crippen LogP contribution in [-0.4, -0.2) is 26.6 Å². The standard InChI is InChI=1S/C12H24O3Si/c1-6-9-10-12(15-11(13)7-2)16(4,5)14-8-3/h7,12H,2,6,8-10H2,1,3-5H3. The Morgan fingerprint density at radius 2 is 2.06 bits per heavy atom. The van der Waals surface area contributed by atoms with Gasteiger partial charge in [0, 0.05) is 12.7 Å². The van der Waals surface area contributed by atoms with E-state index in [4.69, 9.17) is 9.16 Å². The molecule has 0 aliphatic carbocycles. The number of hydrogen-bond donors (Lipinski definition) is 0. The van der Waals surface area contributed by atoms with Crippen molar-refractivity contribution in [1.29, 1.82) is 0 Å². The van der Waals surface area contributed by atoms with Gasteiger partial charge in [0.1, 0.15) is 5.73 Å². The van der Waals surface area contributed by atoms with Crippen molar-refractivity contribution in [2.24, 2.45) is 0 Å². The second-order valence-electron chi connectivity index (χ2n) is 4.31. The smallest absolute Gasteiger partial charge is 0.330 e. The lowest BCUT2D eigenvalue weighted by Crippen LogP contribution is -2.47. The van der Waals surface area contributed by atoms with Crippen molar-refractivity contribution in [3.63, 3.8) is 0 Å². The van der Waals surface area contributed by atoms with Crippen molar-refractivity contribution < 1.29 is 14.0 Å². The van der Waals surface area contributed by atoms with E-state index in [9.17, 15) is 4.79 Å². The highest BCUT2D eigenvalue weighted by Crippen LogP contribution is 2.19. The monoisotopic (exact) mass is 244 g/mol. The van der Waals surface area contributed by atoms with Gasteiger partial charge >= 0.3 is 5.97 Å². The molecule has 0 aliphatic rings. The van der Waals surface area contributed by atoms with Crippen LogP contribution in [0.1, 0.15) is 33.1 Å². The van der Waals surface area contributed by atoms with E-state index in [-0.39, 0.29) is 11.7 Å². The summed E-state index contributed by atoms with van der Waals surface area (Å²) >= 11 is 0. The summed E-state index contributed by atoms with van der Waals surface area (Å²) in [6.45, 7) is 12.4. The number of rotatable bonds is 8. The summed E-state index contributed by atoms with van der Waals surface area (Å²) in [5, 5.41) is 0. The Bertz CT molecular complexity index is 226. The van der Waals surface area contributed by atoms with Crippen molar-refractivity contribution in [2.45, 2.75) is 51.9 Å². The quantitative estimate of drug-likeness (QED) is 0.374. The minimum atomic E-state index is -1.94. The molecule has 0 heterocycles. The third kappa shape index (κ3) is 5.46. The van der Waals surface area contributed by atoms with E-state index >= 15 is 0 Å². The maximum Gasteiger partial charge on any atom is 0.330 e. The highest BCUT2D eigenvalue weighted by Gasteiger charge is 2.35. The molecule has 0 N–H and O–H groups in total. The molecular formula is C12H24O3Si. The van der Waals surface area contributed by atoms with Gasteiger partial charge in [-0.3, -0.25) is 0 Å². The zero-order valence-corrected chi connectivity index (χ0v) is 11.9. The summed E-state index contributed by atoms with van der Waals surface area (Å²) in [4.78, 5) is 11.3. The number of esters is 1. The van der Waals surface area contributed by atoms with E-state index in [2.05, 4.69) is 26.6 Å². The molecule has 1 atom stereocenters. The Kier molecular flexibility index (Phi) is 7.33. The first-order valence-corrected chi connectivity index (χ1v) is 8.93. The lowest BCUT2D eigenvalue weighted by molar-refractivity contribution is -0.140. The van der Waals surface area contributed by atoms with E-state index in [1.54, 1.807) is 0 Å². The second-order valence-corrected chi connectivity index (χ2v) is 8.45. The maximum atomic E-state index is 11.3. The van der Waals surface area contributed by atoms with Gasteiger partial charge in [0.2, 0.25) is 8.32 Å². The summed E-state index contributed by atoms with van der Waals surface area (Å²) < 4.78 is 11.2. The lowest BCUT2D eigenvalue weighted by Gasteiger charge is -2.31. The van der Waals surface area contributed by atoms with Gasteiger partial charge in [0.05, 0.1) is 0 Å². The van der Waals surface area contributed by atoms with E-state index in [1.807, 2.05) is 6.92 Å². The summed E-state index contributed by atoms with van der Waals surface area (Å²) in [6.07, 6.45) is 4.25. The molecule has 0 bridgehead atoms. The SMILES string of the molecule is C=CC(=O)OC(CCCC)[Si](C)(C)OCC. The fourth-order valence-electron chi connectivity index (χ4n) is 1.59. The number of unbranched alkanes of at least 4 members (excludes halogenated alkanes) is 1. The van der Waals surface area contributed by atoms with Crippen LogP contribution in [0.3, 0.4) is 0 Å². The van der Waals surface area contributed by atoms with E-state index in [0.29, 0.717) is 6.61 Å². The van der Waals surface area contributed by atoms with E-state index in [0.717, 1.165) is 19.3 Å². The average Bonchev–Trinajstić information content (AvgIpc) is 2.23. The molecule has 0 radical (unpaired) electrons. The van der Waals surface area contributed by atoms with Gasteiger partial charge < -0.3 is 9.16 Å². The third-order valence-corrected chi connectivity index (χ3v) is 5.53. The fraction of sp³-hybridized carbons (Fsp3) is 0.750. The van der Waals surface area contributed by atoms with Crippen molar-refractivity contribution in [3.8, 4) is 0 Å². The second kappa shape index (κ2) is 7.63. The summed E-state index contributed by atoms with van der Waals surface area (Å²) in [5.41, 5.74) is -0.0714. The highest BCUT2D eigenvalue weighted by atomic mass is 28.4. The zero-order chi connectivity index (χ0) is 12.6. The maximum absolute atomic E-state index is 11.3. The van der Waals surface area contributed by atoms with Crippen LogP contribution >= 0.6 is 0 Å². The van der Waals surface area contributed by atoms with Crippen LogP contribution < -0.4 is 0 Å². The normalized spacial score (nSPS) is 13.2. The molecule has 4 heteroatoms. The van der Waals surface area contributed by atoms with Gasteiger partial charge in [-0.15, -0.1) is 0 Å². The Balaban J connectivity index is 4.50. The Hall–Kier alpha value is -0.613. The first-order chi connectivity index (χ1) is 7.47. The third-order valence-electron chi connectivity index (χ3n) is 2.54. The molecule has 94 valence electrons. The molecule has 0 rings (SSSR count). The van der Waals surface area contributed by atoms with Crippen LogP contribution in [0.5, 0.6) is 0 Å². The molecule has 0 aromatic heterocycles. The number of hydrogen-bond acceptors (Lipinski definition) is 3. The summed E-state index contributed by atoms with van der Waals surface area (Å²) in [6, 6.07) is 0. The average molecular weight is 244 g/mol. The lowest BCUT2D eigenvalue weighted by atomic mass is 10.3. The minimum Gasteiger partial charge on any atom is -0.460 e. The van der Waals surface area contributed by atoms with Gasteiger partial charge in [-0.05, 0) is 26.4 Å². The van der Waals surface area contributed by atoms with Crippen LogP contribution in [-0.2, 0) is 14.0 Å². The first-order valence-electron chi connectivity index (χ1n) is 5.94. The van der Waals surface area contributed by atoms with Gasteiger partial charge in [-0.1, -0.05) is 26.3 Å². The molecule has 0 aromatic rings. The van der Waals surface area contributed by atoms with Crippen LogP contribution in [0.15, 0.2) is 12.7 Å². The topological polar surface area (TPSA) is 35.5 Å². The fourth-order valence-corrected chi connectivity index (χ4v) is 3.82. The number of carbonyl (C=O) groups is 1. The van der Waals surface area contributed by atoms with E-state index in [1.165, 1.54) is 6.08 Å². The molecule has 0 aliphatic heterocycles. The van der Waals surface area contributed by atoms with Crippen molar-refractivity contribution >= 4 is 14.3 Å². The molecule has 0 fully saturated rings.